The molecular formula is C15H16F3N5O. The summed E-state index contributed by atoms with van der Waals surface area (Å²) < 4.78 is 41.2. The minimum Gasteiger partial charge on any atom is -0.374 e. The number of aliphatic hydroxyl groups is 1. The average molecular weight is 339 g/mol. The first kappa shape index (κ1) is 17.7. The van der Waals surface area contributed by atoms with Gasteiger partial charge in [-0.3, -0.25) is 0 Å². The first-order chi connectivity index (χ1) is 11.2. The lowest BCUT2D eigenvalue weighted by atomic mass is 9.97. The number of aryl methyl sites for hydroxylation is 2. The number of rotatable bonds is 5. The zero-order valence-corrected chi connectivity index (χ0v) is 13.1. The summed E-state index contributed by atoms with van der Waals surface area (Å²) in [5.41, 5.74) is -2.17. The van der Waals surface area contributed by atoms with Crippen LogP contribution in [0.15, 0.2) is 24.5 Å². The third-order valence-corrected chi connectivity index (χ3v) is 3.54. The molecule has 2 N–H and O–H groups in total. The maximum Gasteiger partial charge on any atom is 0.424 e. The highest BCUT2D eigenvalue weighted by molar-refractivity contribution is 5.44. The molecule has 0 saturated carbocycles. The van der Waals surface area contributed by atoms with Gasteiger partial charge in [0.15, 0.2) is 0 Å². The van der Waals surface area contributed by atoms with Crippen molar-refractivity contribution in [1.82, 2.24) is 14.5 Å². The molecule has 0 amide bonds. The Hall–Kier alpha value is -2.60. The van der Waals surface area contributed by atoms with Crippen LogP contribution in [0.2, 0.25) is 0 Å². The number of pyridine rings is 1. The molecule has 0 saturated heterocycles. The summed E-state index contributed by atoms with van der Waals surface area (Å²) in [7, 11) is 1.38. The predicted octanol–water partition coefficient (Wildman–Crippen LogP) is 2.25. The number of anilines is 1. The van der Waals surface area contributed by atoms with Crippen molar-refractivity contribution in [2.75, 3.05) is 11.9 Å². The van der Waals surface area contributed by atoms with Gasteiger partial charge >= 0.3 is 6.18 Å². The van der Waals surface area contributed by atoms with E-state index in [0.29, 0.717) is 11.3 Å². The Bertz CT molecular complexity index is 765. The van der Waals surface area contributed by atoms with E-state index in [0.717, 1.165) is 4.57 Å². The molecule has 0 radical (unpaired) electrons. The fourth-order valence-electron chi connectivity index (χ4n) is 2.34. The van der Waals surface area contributed by atoms with Gasteiger partial charge in [0.1, 0.15) is 11.6 Å². The van der Waals surface area contributed by atoms with Crippen LogP contribution in [0.1, 0.15) is 23.5 Å². The Kier molecular flexibility index (Phi) is 4.80. The largest absolute Gasteiger partial charge is 0.424 e. The van der Waals surface area contributed by atoms with Gasteiger partial charge < -0.3 is 15.0 Å². The van der Waals surface area contributed by atoms with Crippen molar-refractivity contribution in [1.29, 1.82) is 5.26 Å². The molecule has 0 bridgehead atoms. The molecule has 128 valence electrons. The van der Waals surface area contributed by atoms with E-state index >= 15 is 0 Å². The van der Waals surface area contributed by atoms with Crippen molar-refractivity contribution in [3.8, 4) is 6.07 Å². The molecule has 0 unspecified atom stereocenters. The lowest BCUT2D eigenvalue weighted by Crippen LogP contribution is -2.45. The van der Waals surface area contributed by atoms with Crippen LogP contribution in [0.25, 0.3) is 0 Å². The minimum atomic E-state index is -4.88. The Balaban J connectivity index is 2.17. The van der Waals surface area contributed by atoms with Crippen molar-refractivity contribution >= 4 is 5.82 Å². The van der Waals surface area contributed by atoms with Crippen molar-refractivity contribution < 1.29 is 18.3 Å². The standard InChI is InChI=1S/C15H16F3N5O/c1-10-7-11(9-19)8-12(22-10)20-4-3-14(24,15(16,17)18)13-21-5-6-23(13)2/h5-8,24H,3-4H2,1-2H3,(H,20,22)/t14-/m1/s1. The van der Waals surface area contributed by atoms with E-state index in [-0.39, 0.29) is 12.4 Å². The second-order valence-electron chi connectivity index (χ2n) is 5.39. The monoisotopic (exact) mass is 339 g/mol. The number of aromatic nitrogens is 3. The molecule has 0 aliphatic rings. The summed E-state index contributed by atoms with van der Waals surface area (Å²) >= 11 is 0. The van der Waals surface area contributed by atoms with Gasteiger partial charge in [0.25, 0.3) is 0 Å². The molecule has 0 aromatic carbocycles. The Morgan fingerprint density at radius 2 is 2.08 bits per heavy atom. The fraction of sp³-hybridized carbons (Fsp3) is 0.400. The summed E-state index contributed by atoms with van der Waals surface area (Å²) in [5, 5.41) is 21.8. The third kappa shape index (κ3) is 3.49. The number of nitriles is 1. The molecule has 6 nitrogen and oxygen atoms in total. The lowest BCUT2D eigenvalue weighted by molar-refractivity contribution is -0.271. The van der Waals surface area contributed by atoms with Crippen molar-refractivity contribution in [2.45, 2.75) is 25.1 Å². The van der Waals surface area contributed by atoms with Crippen LogP contribution in [0, 0.1) is 18.3 Å². The molecule has 0 aliphatic heterocycles. The molecule has 2 aromatic rings. The highest BCUT2D eigenvalue weighted by atomic mass is 19.4. The highest BCUT2D eigenvalue weighted by Crippen LogP contribution is 2.40. The van der Waals surface area contributed by atoms with E-state index < -0.39 is 24.0 Å². The van der Waals surface area contributed by atoms with Gasteiger partial charge in [0.2, 0.25) is 5.60 Å². The molecule has 2 aromatic heterocycles. The number of nitrogens with one attached hydrogen (secondary N) is 1. The molecule has 0 aliphatic carbocycles. The number of imidazole rings is 1. The second kappa shape index (κ2) is 6.49. The molecule has 9 heteroatoms. The SMILES string of the molecule is Cc1cc(C#N)cc(NCC[C@@](O)(c2nccn2C)C(F)(F)F)n1. The van der Waals surface area contributed by atoms with Gasteiger partial charge in [0.05, 0.1) is 11.6 Å². The van der Waals surface area contributed by atoms with Crippen molar-refractivity contribution in [3.63, 3.8) is 0 Å². The fourth-order valence-corrected chi connectivity index (χ4v) is 2.34. The summed E-state index contributed by atoms with van der Waals surface area (Å²) in [6.45, 7) is 1.47. The molecule has 2 rings (SSSR count). The summed E-state index contributed by atoms with van der Waals surface area (Å²) in [6.07, 6.45) is -3.01. The Morgan fingerprint density at radius 3 is 2.62 bits per heavy atom. The van der Waals surface area contributed by atoms with Crippen molar-refractivity contribution in [2.24, 2.45) is 7.05 Å². The van der Waals surface area contributed by atoms with Crippen LogP contribution in [-0.4, -0.2) is 32.4 Å². The van der Waals surface area contributed by atoms with Gasteiger partial charge in [0, 0.05) is 38.1 Å². The first-order valence-electron chi connectivity index (χ1n) is 7.07. The zero-order chi connectivity index (χ0) is 18.0. The van der Waals surface area contributed by atoms with Gasteiger partial charge in [-0.1, -0.05) is 0 Å². The number of nitrogens with zero attached hydrogens (tertiary/aromatic N) is 4. The zero-order valence-electron chi connectivity index (χ0n) is 13.1. The van der Waals surface area contributed by atoms with E-state index in [1.807, 2.05) is 6.07 Å². The minimum absolute atomic E-state index is 0.204. The quantitative estimate of drug-likeness (QED) is 0.872. The van der Waals surface area contributed by atoms with Crippen LogP contribution in [-0.2, 0) is 12.6 Å². The predicted molar refractivity (Wildman–Crippen MR) is 80.0 cm³/mol. The maximum atomic E-state index is 13.4. The maximum absolute atomic E-state index is 13.4. The lowest BCUT2D eigenvalue weighted by Gasteiger charge is -2.30. The van der Waals surface area contributed by atoms with E-state index in [9.17, 15) is 18.3 Å². The summed E-state index contributed by atoms with van der Waals surface area (Å²) in [4.78, 5) is 7.73. The normalized spacial score (nSPS) is 14.0. The van der Waals surface area contributed by atoms with E-state index in [1.54, 1.807) is 13.0 Å². The third-order valence-electron chi connectivity index (χ3n) is 3.54. The van der Waals surface area contributed by atoms with Crippen LogP contribution < -0.4 is 5.32 Å². The second-order valence-corrected chi connectivity index (χ2v) is 5.39. The van der Waals surface area contributed by atoms with E-state index in [2.05, 4.69) is 15.3 Å². The van der Waals surface area contributed by atoms with Crippen LogP contribution in [0.4, 0.5) is 19.0 Å². The summed E-state index contributed by atoms with van der Waals surface area (Å²) in [5.74, 6) is -0.206. The van der Waals surface area contributed by atoms with Crippen LogP contribution in [0.3, 0.4) is 0 Å². The average Bonchev–Trinajstić information content (AvgIpc) is 2.92. The van der Waals surface area contributed by atoms with Gasteiger partial charge in [-0.05, 0) is 19.1 Å². The number of alkyl halides is 3. The van der Waals surface area contributed by atoms with Crippen LogP contribution >= 0.6 is 0 Å². The van der Waals surface area contributed by atoms with E-state index in [1.165, 1.54) is 25.5 Å². The Morgan fingerprint density at radius 1 is 1.38 bits per heavy atom. The Labute approximate surface area is 136 Å². The highest BCUT2D eigenvalue weighted by Gasteiger charge is 2.57. The number of hydrogen-bond acceptors (Lipinski definition) is 5. The molecule has 2 heterocycles. The van der Waals surface area contributed by atoms with E-state index in [4.69, 9.17) is 5.26 Å². The van der Waals surface area contributed by atoms with Crippen molar-refractivity contribution in [3.05, 3.63) is 41.6 Å². The number of hydrogen-bond donors (Lipinski definition) is 2. The topological polar surface area (TPSA) is 86.8 Å². The molecule has 0 fully saturated rings. The molecule has 1 atom stereocenters. The van der Waals surface area contributed by atoms with Gasteiger partial charge in [-0.15, -0.1) is 0 Å². The summed E-state index contributed by atoms with van der Waals surface area (Å²) in [6, 6.07) is 4.94. The van der Waals surface area contributed by atoms with Crippen LogP contribution in [0.5, 0.6) is 0 Å². The molecule has 24 heavy (non-hydrogen) atoms. The van der Waals surface area contributed by atoms with Gasteiger partial charge in [-0.25, -0.2) is 9.97 Å². The van der Waals surface area contributed by atoms with Gasteiger partial charge in [-0.2, -0.15) is 18.4 Å². The molecular weight excluding hydrogens is 323 g/mol. The smallest absolute Gasteiger partial charge is 0.374 e. The molecule has 0 spiro atoms. The number of halogens is 3. The first-order valence-corrected chi connectivity index (χ1v) is 7.07.